The van der Waals surface area contributed by atoms with Crippen LogP contribution in [0.5, 0.6) is 0 Å². The molecule has 49 heavy (non-hydrogen) atoms. The van der Waals surface area contributed by atoms with E-state index < -0.39 is 0 Å². The molecule has 0 aliphatic rings. The molecule has 0 unspecified atom stereocenters. The minimum absolute atomic E-state index is 0.643. The van der Waals surface area contributed by atoms with Crippen LogP contribution in [0.25, 0.3) is 83.9 Å². The molecule has 0 amide bonds. The molecule has 0 fully saturated rings. The predicted octanol–water partition coefficient (Wildman–Crippen LogP) is 11.3. The molecule has 0 radical (unpaired) electrons. The largest absolute Gasteiger partial charge is 0.309 e. The van der Waals surface area contributed by atoms with Gasteiger partial charge in [-0.3, -0.25) is 0 Å². The van der Waals surface area contributed by atoms with Gasteiger partial charge in [0.05, 0.1) is 11.0 Å². The zero-order valence-electron chi connectivity index (χ0n) is 26.6. The molecule has 2 heterocycles. The van der Waals surface area contributed by atoms with Crippen molar-refractivity contribution in [3.8, 4) is 62.1 Å². The second kappa shape index (κ2) is 12.2. The molecular formula is C45H30N4. The molecule has 2 aromatic heterocycles. The van der Waals surface area contributed by atoms with Crippen LogP contribution in [0, 0.1) is 0 Å². The van der Waals surface area contributed by atoms with E-state index in [9.17, 15) is 0 Å². The van der Waals surface area contributed by atoms with Crippen LogP contribution in [0.4, 0.5) is 0 Å². The lowest BCUT2D eigenvalue weighted by molar-refractivity contribution is 1.07. The van der Waals surface area contributed by atoms with Crippen molar-refractivity contribution in [3.63, 3.8) is 0 Å². The van der Waals surface area contributed by atoms with Gasteiger partial charge in [0.1, 0.15) is 0 Å². The first-order valence-corrected chi connectivity index (χ1v) is 16.5. The van der Waals surface area contributed by atoms with Crippen LogP contribution in [0.3, 0.4) is 0 Å². The minimum atomic E-state index is 0.643. The summed E-state index contributed by atoms with van der Waals surface area (Å²) in [6.07, 6.45) is 0. The fourth-order valence-corrected chi connectivity index (χ4v) is 6.68. The Hall–Kier alpha value is -6.65. The molecule has 4 nitrogen and oxygen atoms in total. The molecule has 0 aliphatic heterocycles. The van der Waals surface area contributed by atoms with Gasteiger partial charge in [-0.05, 0) is 58.7 Å². The molecule has 9 rings (SSSR count). The van der Waals surface area contributed by atoms with Gasteiger partial charge in [-0.25, -0.2) is 15.0 Å². The third-order valence-electron chi connectivity index (χ3n) is 9.03. The topological polar surface area (TPSA) is 43.6 Å². The maximum atomic E-state index is 4.95. The van der Waals surface area contributed by atoms with Gasteiger partial charge < -0.3 is 4.57 Å². The van der Waals surface area contributed by atoms with Crippen molar-refractivity contribution >= 4 is 21.8 Å². The molecule has 230 valence electrons. The highest BCUT2D eigenvalue weighted by Crippen LogP contribution is 2.35. The van der Waals surface area contributed by atoms with Gasteiger partial charge in [-0.15, -0.1) is 0 Å². The van der Waals surface area contributed by atoms with Crippen molar-refractivity contribution in [2.24, 2.45) is 0 Å². The quantitative estimate of drug-likeness (QED) is 0.184. The van der Waals surface area contributed by atoms with Gasteiger partial charge in [-0.1, -0.05) is 146 Å². The third kappa shape index (κ3) is 5.35. The summed E-state index contributed by atoms with van der Waals surface area (Å²) in [5.41, 5.74) is 10.9. The Labute approximate surface area is 284 Å². The number of hydrogen-bond donors (Lipinski definition) is 0. The summed E-state index contributed by atoms with van der Waals surface area (Å²) in [7, 11) is 0. The molecule has 0 saturated carbocycles. The standard InChI is InChI=1S/C45H30N4/c1-3-14-31(15-4-1)43-46-44(32-16-5-2-6-17-32)48-45(47-43)37-22-12-20-35(29-37)33-18-11-19-34(28-33)36-21-13-23-38(30-36)49-41-26-9-7-24-39(41)40-25-8-10-27-42(40)49/h1-30H. The SMILES string of the molecule is c1ccc(-c2nc(-c3ccccc3)nc(-c3cccc(-c4cccc(-c5cccc(-n6c7ccccc7c7ccccc76)c5)c4)c3)n2)cc1. The Morgan fingerprint density at radius 3 is 1.18 bits per heavy atom. The van der Waals surface area contributed by atoms with E-state index >= 15 is 0 Å². The van der Waals surface area contributed by atoms with Crippen LogP contribution in [-0.2, 0) is 0 Å². The molecule has 0 atom stereocenters. The highest BCUT2D eigenvalue weighted by Gasteiger charge is 2.14. The number of fused-ring (bicyclic) bond motifs is 3. The zero-order valence-corrected chi connectivity index (χ0v) is 26.6. The van der Waals surface area contributed by atoms with E-state index in [2.05, 4.69) is 126 Å². The lowest BCUT2D eigenvalue weighted by Crippen LogP contribution is -2.00. The Morgan fingerprint density at radius 1 is 0.286 bits per heavy atom. The predicted molar refractivity (Wildman–Crippen MR) is 201 cm³/mol. The fourth-order valence-electron chi connectivity index (χ4n) is 6.68. The fraction of sp³-hybridized carbons (Fsp3) is 0. The Morgan fingerprint density at radius 2 is 0.653 bits per heavy atom. The Kier molecular flexibility index (Phi) is 7.10. The van der Waals surface area contributed by atoms with E-state index in [1.807, 2.05) is 60.7 Å². The minimum Gasteiger partial charge on any atom is -0.309 e. The number of hydrogen-bond acceptors (Lipinski definition) is 3. The highest BCUT2D eigenvalue weighted by molar-refractivity contribution is 6.09. The van der Waals surface area contributed by atoms with Crippen molar-refractivity contribution in [3.05, 3.63) is 182 Å². The van der Waals surface area contributed by atoms with Crippen LogP contribution in [0.1, 0.15) is 0 Å². The van der Waals surface area contributed by atoms with E-state index in [-0.39, 0.29) is 0 Å². The van der Waals surface area contributed by atoms with Crippen LogP contribution in [0.15, 0.2) is 182 Å². The van der Waals surface area contributed by atoms with Gasteiger partial charge in [0.2, 0.25) is 0 Å². The van der Waals surface area contributed by atoms with Gasteiger partial charge in [-0.2, -0.15) is 0 Å². The number of nitrogens with zero attached hydrogens (tertiary/aromatic N) is 4. The molecule has 4 heteroatoms. The lowest BCUT2D eigenvalue weighted by atomic mass is 9.97. The Balaban J connectivity index is 1.11. The molecule has 7 aromatic carbocycles. The van der Waals surface area contributed by atoms with E-state index in [0.717, 1.165) is 44.6 Å². The Bertz CT molecular complexity index is 2490. The number of para-hydroxylation sites is 2. The van der Waals surface area contributed by atoms with Crippen molar-refractivity contribution in [1.82, 2.24) is 19.5 Å². The molecule has 0 spiro atoms. The van der Waals surface area contributed by atoms with Crippen molar-refractivity contribution in [2.75, 3.05) is 0 Å². The third-order valence-corrected chi connectivity index (χ3v) is 9.03. The van der Waals surface area contributed by atoms with Gasteiger partial charge in [0.15, 0.2) is 17.5 Å². The highest BCUT2D eigenvalue weighted by atomic mass is 15.0. The van der Waals surface area contributed by atoms with E-state index in [0.29, 0.717) is 17.5 Å². The zero-order chi connectivity index (χ0) is 32.6. The first kappa shape index (κ1) is 28.6. The molecule has 0 saturated heterocycles. The van der Waals surface area contributed by atoms with Crippen molar-refractivity contribution in [1.29, 1.82) is 0 Å². The number of benzene rings is 7. The van der Waals surface area contributed by atoms with Crippen LogP contribution in [0.2, 0.25) is 0 Å². The summed E-state index contributed by atoms with van der Waals surface area (Å²) in [6, 6.07) is 63.5. The van der Waals surface area contributed by atoms with Crippen LogP contribution in [-0.4, -0.2) is 19.5 Å². The first-order chi connectivity index (χ1) is 24.3. The number of rotatable bonds is 6. The van der Waals surface area contributed by atoms with Crippen molar-refractivity contribution < 1.29 is 0 Å². The normalized spacial score (nSPS) is 11.3. The summed E-state index contributed by atoms with van der Waals surface area (Å²) < 4.78 is 2.36. The molecular weight excluding hydrogens is 597 g/mol. The smallest absolute Gasteiger partial charge is 0.164 e. The van der Waals surface area contributed by atoms with Crippen LogP contribution < -0.4 is 0 Å². The second-order valence-electron chi connectivity index (χ2n) is 12.1. The van der Waals surface area contributed by atoms with E-state index in [1.165, 1.54) is 21.8 Å². The molecule has 0 N–H and O–H groups in total. The number of aromatic nitrogens is 4. The average Bonchev–Trinajstić information content (AvgIpc) is 3.53. The van der Waals surface area contributed by atoms with Crippen molar-refractivity contribution in [2.45, 2.75) is 0 Å². The van der Waals surface area contributed by atoms with Gasteiger partial charge >= 0.3 is 0 Å². The van der Waals surface area contributed by atoms with Gasteiger partial charge in [0.25, 0.3) is 0 Å². The summed E-state index contributed by atoms with van der Waals surface area (Å²) in [4.78, 5) is 14.8. The summed E-state index contributed by atoms with van der Waals surface area (Å²) in [5, 5.41) is 2.52. The molecule has 0 bridgehead atoms. The van der Waals surface area contributed by atoms with E-state index in [4.69, 9.17) is 15.0 Å². The molecule has 9 aromatic rings. The first-order valence-electron chi connectivity index (χ1n) is 16.5. The second-order valence-corrected chi connectivity index (χ2v) is 12.1. The van der Waals surface area contributed by atoms with Gasteiger partial charge in [0, 0.05) is 33.2 Å². The monoisotopic (exact) mass is 626 g/mol. The lowest BCUT2D eigenvalue weighted by Gasteiger charge is -2.12. The van der Waals surface area contributed by atoms with E-state index in [1.54, 1.807) is 0 Å². The summed E-state index contributed by atoms with van der Waals surface area (Å²) >= 11 is 0. The summed E-state index contributed by atoms with van der Waals surface area (Å²) in [5.74, 6) is 1.95. The molecule has 0 aliphatic carbocycles. The summed E-state index contributed by atoms with van der Waals surface area (Å²) in [6.45, 7) is 0. The maximum absolute atomic E-state index is 4.95. The maximum Gasteiger partial charge on any atom is 0.164 e. The van der Waals surface area contributed by atoms with Crippen LogP contribution >= 0.6 is 0 Å². The average molecular weight is 627 g/mol.